The van der Waals surface area contributed by atoms with E-state index in [9.17, 15) is 4.79 Å². The smallest absolute Gasteiger partial charge is 0.221 e. The van der Waals surface area contributed by atoms with Gasteiger partial charge in [0.2, 0.25) is 5.91 Å². The second-order valence-electron chi connectivity index (χ2n) is 7.94. The molecule has 0 aliphatic rings. The Kier molecular flexibility index (Phi) is 6.18. The molecule has 1 aromatic rings. The molecule has 0 saturated heterocycles. The van der Waals surface area contributed by atoms with Gasteiger partial charge in [0.05, 0.1) is 0 Å². The highest BCUT2D eigenvalue weighted by Crippen LogP contribution is 2.28. The molecule has 1 unspecified atom stereocenters. The molecule has 0 saturated carbocycles. The third-order valence-corrected chi connectivity index (χ3v) is 4.40. The zero-order chi connectivity index (χ0) is 17.0. The molecule has 0 fully saturated rings. The molecule has 3 heteroatoms. The van der Waals surface area contributed by atoms with Gasteiger partial charge in [0, 0.05) is 19.0 Å². The maximum atomic E-state index is 12.3. The molecule has 0 aliphatic heterocycles. The Morgan fingerprint density at radius 3 is 2.09 bits per heavy atom. The van der Waals surface area contributed by atoms with E-state index in [-0.39, 0.29) is 22.8 Å². The van der Waals surface area contributed by atoms with Crippen LogP contribution in [0.2, 0.25) is 0 Å². The van der Waals surface area contributed by atoms with Crippen molar-refractivity contribution in [3.8, 4) is 0 Å². The molecule has 1 amide bonds. The Hall–Kier alpha value is -1.35. The van der Waals surface area contributed by atoms with Crippen molar-refractivity contribution in [2.24, 2.45) is 5.41 Å². The Balaban J connectivity index is 2.71. The van der Waals surface area contributed by atoms with Gasteiger partial charge in [-0.3, -0.25) is 4.79 Å². The van der Waals surface area contributed by atoms with Crippen molar-refractivity contribution in [2.45, 2.75) is 66.0 Å². The SMILES string of the molecule is CNCc1ccc(C(C)(C)CC(=O)NC(C)C(C)(C)C)cc1. The number of hydrogen-bond acceptors (Lipinski definition) is 2. The molecule has 0 radical (unpaired) electrons. The second kappa shape index (κ2) is 7.28. The number of carbonyl (C=O) groups is 1. The third-order valence-electron chi connectivity index (χ3n) is 4.40. The van der Waals surface area contributed by atoms with Crippen LogP contribution in [0.25, 0.3) is 0 Å². The van der Waals surface area contributed by atoms with E-state index in [4.69, 9.17) is 0 Å². The van der Waals surface area contributed by atoms with Gasteiger partial charge in [-0.25, -0.2) is 0 Å². The molecule has 0 aliphatic carbocycles. The molecule has 124 valence electrons. The van der Waals surface area contributed by atoms with Crippen LogP contribution < -0.4 is 10.6 Å². The van der Waals surface area contributed by atoms with E-state index in [0.29, 0.717) is 6.42 Å². The number of carbonyl (C=O) groups excluding carboxylic acids is 1. The van der Waals surface area contributed by atoms with Crippen molar-refractivity contribution in [2.75, 3.05) is 7.05 Å². The summed E-state index contributed by atoms with van der Waals surface area (Å²) in [7, 11) is 1.94. The van der Waals surface area contributed by atoms with E-state index >= 15 is 0 Å². The normalized spacial score (nSPS) is 13.8. The third kappa shape index (κ3) is 5.45. The maximum absolute atomic E-state index is 12.3. The topological polar surface area (TPSA) is 41.1 Å². The van der Waals surface area contributed by atoms with Gasteiger partial charge in [-0.2, -0.15) is 0 Å². The summed E-state index contributed by atoms with van der Waals surface area (Å²) in [5.41, 5.74) is 2.37. The van der Waals surface area contributed by atoms with Gasteiger partial charge < -0.3 is 10.6 Å². The Morgan fingerprint density at radius 2 is 1.64 bits per heavy atom. The average molecular weight is 304 g/mol. The van der Waals surface area contributed by atoms with Crippen molar-refractivity contribution < 1.29 is 4.79 Å². The van der Waals surface area contributed by atoms with Crippen LogP contribution in [0.1, 0.15) is 59.1 Å². The van der Waals surface area contributed by atoms with Crippen LogP contribution in [0.15, 0.2) is 24.3 Å². The van der Waals surface area contributed by atoms with Gasteiger partial charge in [-0.1, -0.05) is 58.9 Å². The number of amides is 1. The van der Waals surface area contributed by atoms with Gasteiger partial charge in [0.1, 0.15) is 0 Å². The van der Waals surface area contributed by atoms with Gasteiger partial charge in [0.25, 0.3) is 0 Å². The monoisotopic (exact) mass is 304 g/mol. The lowest BCUT2D eigenvalue weighted by molar-refractivity contribution is -0.123. The van der Waals surface area contributed by atoms with Crippen LogP contribution in [0.5, 0.6) is 0 Å². The Bertz CT molecular complexity index is 483. The molecule has 0 bridgehead atoms. The van der Waals surface area contributed by atoms with Crippen LogP contribution in [0.3, 0.4) is 0 Å². The fraction of sp³-hybridized carbons (Fsp3) is 0.632. The lowest BCUT2D eigenvalue weighted by Gasteiger charge is -2.30. The first-order valence-corrected chi connectivity index (χ1v) is 8.09. The second-order valence-corrected chi connectivity index (χ2v) is 7.94. The van der Waals surface area contributed by atoms with E-state index < -0.39 is 0 Å². The highest BCUT2D eigenvalue weighted by Gasteiger charge is 2.27. The summed E-state index contributed by atoms with van der Waals surface area (Å²) in [6.45, 7) is 13.6. The van der Waals surface area contributed by atoms with Crippen LogP contribution in [0.4, 0.5) is 0 Å². The largest absolute Gasteiger partial charge is 0.353 e. The number of nitrogens with one attached hydrogen (secondary N) is 2. The summed E-state index contributed by atoms with van der Waals surface area (Å²) < 4.78 is 0. The molecule has 1 atom stereocenters. The van der Waals surface area contributed by atoms with Crippen molar-refractivity contribution in [1.29, 1.82) is 0 Å². The molecule has 1 rings (SSSR count). The number of hydrogen-bond donors (Lipinski definition) is 2. The minimum absolute atomic E-state index is 0.0780. The first-order chi connectivity index (χ1) is 10.1. The lowest BCUT2D eigenvalue weighted by atomic mass is 9.80. The fourth-order valence-corrected chi connectivity index (χ4v) is 2.29. The van der Waals surface area contributed by atoms with Crippen molar-refractivity contribution in [1.82, 2.24) is 10.6 Å². The van der Waals surface area contributed by atoms with Crippen LogP contribution >= 0.6 is 0 Å². The van der Waals surface area contributed by atoms with Crippen LogP contribution in [0, 0.1) is 5.41 Å². The summed E-state index contributed by atoms with van der Waals surface area (Å²) in [5.74, 6) is 0.117. The van der Waals surface area contributed by atoms with Gasteiger partial charge in [-0.05, 0) is 35.9 Å². The van der Waals surface area contributed by atoms with Crippen LogP contribution in [-0.4, -0.2) is 19.0 Å². The standard InChI is InChI=1S/C19H32N2O/c1-14(18(2,3)4)21-17(22)12-19(5,6)16-10-8-15(9-11-16)13-20-7/h8-11,14,20H,12-13H2,1-7H3,(H,21,22). The number of rotatable bonds is 6. The van der Waals surface area contributed by atoms with Crippen molar-refractivity contribution in [3.05, 3.63) is 35.4 Å². The van der Waals surface area contributed by atoms with E-state index in [0.717, 1.165) is 6.54 Å². The van der Waals surface area contributed by atoms with E-state index in [1.54, 1.807) is 0 Å². The molecular formula is C19H32N2O. The molecule has 3 nitrogen and oxygen atoms in total. The highest BCUT2D eigenvalue weighted by atomic mass is 16.1. The highest BCUT2D eigenvalue weighted by molar-refractivity contribution is 5.77. The maximum Gasteiger partial charge on any atom is 0.221 e. The zero-order valence-electron chi connectivity index (χ0n) is 15.2. The molecule has 0 heterocycles. The van der Waals surface area contributed by atoms with Crippen molar-refractivity contribution >= 4 is 5.91 Å². The summed E-state index contributed by atoms with van der Waals surface area (Å²) >= 11 is 0. The summed E-state index contributed by atoms with van der Waals surface area (Å²) in [5, 5.41) is 6.27. The van der Waals surface area contributed by atoms with E-state index in [1.165, 1.54) is 11.1 Å². The molecule has 22 heavy (non-hydrogen) atoms. The van der Waals surface area contributed by atoms with Gasteiger partial charge in [-0.15, -0.1) is 0 Å². The molecule has 0 aromatic heterocycles. The first-order valence-electron chi connectivity index (χ1n) is 8.09. The van der Waals surface area contributed by atoms with Gasteiger partial charge >= 0.3 is 0 Å². The fourth-order valence-electron chi connectivity index (χ4n) is 2.29. The average Bonchev–Trinajstić information content (AvgIpc) is 2.37. The Morgan fingerprint density at radius 1 is 1.09 bits per heavy atom. The zero-order valence-corrected chi connectivity index (χ0v) is 15.2. The summed E-state index contributed by atoms with van der Waals surface area (Å²) in [4.78, 5) is 12.3. The van der Waals surface area contributed by atoms with Crippen molar-refractivity contribution in [3.63, 3.8) is 0 Å². The molecule has 1 aromatic carbocycles. The lowest BCUT2D eigenvalue weighted by Crippen LogP contribution is -2.43. The number of benzene rings is 1. The molecular weight excluding hydrogens is 272 g/mol. The summed E-state index contributed by atoms with van der Waals surface area (Å²) in [6, 6.07) is 8.68. The Labute approximate surface area is 135 Å². The minimum atomic E-state index is -0.167. The molecule has 0 spiro atoms. The predicted octanol–water partition coefficient (Wildman–Crippen LogP) is 3.62. The minimum Gasteiger partial charge on any atom is -0.353 e. The first kappa shape index (κ1) is 18.7. The molecule has 2 N–H and O–H groups in total. The predicted molar refractivity (Wildman–Crippen MR) is 93.9 cm³/mol. The van der Waals surface area contributed by atoms with Crippen LogP contribution in [-0.2, 0) is 16.8 Å². The van der Waals surface area contributed by atoms with E-state index in [1.807, 2.05) is 7.05 Å². The quantitative estimate of drug-likeness (QED) is 0.842. The van der Waals surface area contributed by atoms with Gasteiger partial charge in [0.15, 0.2) is 0 Å². The van der Waals surface area contributed by atoms with E-state index in [2.05, 4.69) is 76.4 Å². The summed E-state index contributed by atoms with van der Waals surface area (Å²) in [6.07, 6.45) is 0.499.